The highest BCUT2D eigenvalue weighted by molar-refractivity contribution is 5.93. The van der Waals surface area contributed by atoms with E-state index in [1.165, 1.54) is 12.4 Å². The van der Waals surface area contributed by atoms with Crippen molar-refractivity contribution in [1.29, 1.82) is 0 Å². The first-order valence-electron chi connectivity index (χ1n) is 5.25. The smallest absolute Gasteiger partial charge is 0.252 e. The quantitative estimate of drug-likeness (QED) is 0.214. The molecule has 1 heterocycles. The van der Waals surface area contributed by atoms with Crippen molar-refractivity contribution in [3.63, 3.8) is 0 Å². The Morgan fingerprint density at radius 3 is 2.94 bits per heavy atom. The number of nitrogens with one attached hydrogen (secondary N) is 1. The lowest BCUT2D eigenvalue weighted by atomic mass is 10.2. The minimum atomic E-state index is -0.177. The van der Waals surface area contributed by atoms with Gasteiger partial charge in [0.15, 0.2) is 0 Å². The van der Waals surface area contributed by atoms with Crippen molar-refractivity contribution >= 4 is 11.7 Å². The van der Waals surface area contributed by atoms with Crippen molar-refractivity contribution in [1.82, 2.24) is 15.5 Å². The minimum absolute atomic E-state index is 0.177. The first-order valence-corrected chi connectivity index (χ1v) is 5.25. The molecule has 1 amide bonds. The van der Waals surface area contributed by atoms with Gasteiger partial charge in [-0.15, -0.1) is 0 Å². The topological polar surface area (TPSA) is 113 Å². The van der Waals surface area contributed by atoms with Gasteiger partial charge in [0.2, 0.25) is 0 Å². The third-order valence-electron chi connectivity index (χ3n) is 2.12. The summed E-state index contributed by atoms with van der Waals surface area (Å²) in [5, 5.41) is 21.1. The van der Waals surface area contributed by atoms with Crippen molar-refractivity contribution < 1.29 is 10.0 Å². The zero-order valence-corrected chi connectivity index (χ0v) is 9.33. The van der Waals surface area contributed by atoms with Crippen LogP contribution in [0.1, 0.15) is 29.6 Å². The van der Waals surface area contributed by atoms with Crippen molar-refractivity contribution in [2.75, 3.05) is 6.54 Å². The maximum Gasteiger partial charge on any atom is 0.252 e. The number of unbranched alkanes of at least 4 members (excludes halogenated alkanes) is 1. The summed E-state index contributed by atoms with van der Waals surface area (Å²) < 4.78 is 0. The van der Waals surface area contributed by atoms with Gasteiger partial charge in [-0.1, -0.05) is 5.16 Å². The first-order chi connectivity index (χ1) is 8.24. The second-order valence-corrected chi connectivity index (χ2v) is 3.44. The van der Waals surface area contributed by atoms with Crippen molar-refractivity contribution in [2.45, 2.75) is 19.3 Å². The number of amides is 1. The molecule has 0 aliphatic rings. The lowest BCUT2D eigenvalue weighted by molar-refractivity contribution is 0.0952. The highest BCUT2D eigenvalue weighted by Gasteiger charge is 2.03. The first kappa shape index (κ1) is 12.9. The largest absolute Gasteiger partial charge is 0.409 e. The minimum Gasteiger partial charge on any atom is -0.409 e. The molecule has 0 saturated carbocycles. The lowest BCUT2D eigenvalue weighted by Gasteiger charge is -2.04. The molecule has 0 aliphatic heterocycles. The second-order valence-electron chi connectivity index (χ2n) is 3.44. The Morgan fingerprint density at radius 1 is 1.47 bits per heavy atom. The van der Waals surface area contributed by atoms with Crippen molar-refractivity contribution in [3.05, 3.63) is 24.0 Å². The molecule has 0 unspecified atom stereocenters. The summed E-state index contributed by atoms with van der Waals surface area (Å²) in [5.74, 6) is 0.0263. The van der Waals surface area contributed by atoms with Crippen LogP contribution < -0.4 is 11.1 Å². The van der Waals surface area contributed by atoms with Crippen LogP contribution >= 0.6 is 0 Å². The summed E-state index contributed by atoms with van der Waals surface area (Å²) in [6.45, 7) is 0.542. The predicted octanol–water partition coefficient (Wildman–Crippen LogP) is 0.123. The summed E-state index contributed by atoms with van der Waals surface area (Å²) in [7, 11) is 0. The SMILES string of the molecule is N/C(CCCCNC(=O)c1ccnnc1)=N/O. The number of aromatic nitrogens is 2. The van der Waals surface area contributed by atoms with Crippen molar-refractivity contribution in [3.8, 4) is 0 Å². The van der Waals surface area contributed by atoms with Gasteiger partial charge >= 0.3 is 0 Å². The number of hydrogen-bond acceptors (Lipinski definition) is 5. The molecule has 0 saturated heterocycles. The van der Waals surface area contributed by atoms with E-state index in [9.17, 15) is 4.79 Å². The van der Waals surface area contributed by atoms with Crippen LogP contribution in [0.5, 0.6) is 0 Å². The van der Waals surface area contributed by atoms with Gasteiger partial charge in [0.25, 0.3) is 5.91 Å². The van der Waals surface area contributed by atoms with Crippen LogP contribution in [0.4, 0.5) is 0 Å². The van der Waals surface area contributed by atoms with E-state index >= 15 is 0 Å². The summed E-state index contributed by atoms with van der Waals surface area (Å²) >= 11 is 0. The molecule has 0 aliphatic carbocycles. The van der Waals surface area contributed by atoms with Gasteiger partial charge in [-0.3, -0.25) is 4.79 Å². The number of nitrogens with zero attached hydrogens (tertiary/aromatic N) is 3. The van der Waals surface area contributed by atoms with Crippen LogP contribution in [0.3, 0.4) is 0 Å². The van der Waals surface area contributed by atoms with E-state index in [1.54, 1.807) is 6.07 Å². The van der Waals surface area contributed by atoms with Crippen LogP contribution in [-0.4, -0.2) is 33.7 Å². The zero-order chi connectivity index (χ0) is 12.5. The van der Waals surface area contributed by atoms with Gasteiger partial charge in [0.05, 0.1) is 18.0 Å². The average Bonchev–Trinajstić information content (AvgIpc) is 2.38. The lowest BCUT2D eigenvalue weighted by Crippen LogP contribution is -2.24. The molecule has 0 aromatic carbocycles. The van der Waals surface area contributed by atoms with Gasteiger partial charge in [0, 0.05) is 13.0 Å². The second kappa shape index (κ2) is 7.15. The van der Waals surface area contributed by atoms with Crippen LogP contribution in [0.15, 0.2) is 23.6 Å². The molecule has 1 aromatic rings. The Balaban J connectivity index is 2.17. The van der Waals surface area contributed by atoms with Crippen molar-refractivity contribution in [2.24, 2.45) is 10.9 Å². The van der Waals surface area contributed by atoms with E-state index < -0.39 is 0 Å². The van der Waals surface area contributed by atoms with E-state index in [-0.39, 0.29) is 11.7 Å². The Bertz CT molecular complexity index is 380. The van der Waals surface area contributed by atoms with E-state index in [1.807, 2.05) is 0 Å². The Morgan fingerprint density at radius 2 is 2.29 bits per heavy atom. The van der Waals surface area contributed by atoms with Gasteiger partial charge in [-0.25, -0.2) is 0 Å². The van der Waals surface area contributed by atoms with Gasteiger partial charge < -0.3 is 16.3 Å². The third-order valence-corrected chi connectivity index (χ3v) is 2.12. The number of carbonyl (C=O) groups is 1. The molecule has 1 rings (SSSR count). The van der Waals surface area contributed by atoms with Crippen LogP contribution in [0.25, 0.3) is 0 Å². The molecule has 92 valence electrons. The maximum atomic E-state index is 11.5. The Labute approximate surface area is 98.7 Å². The Kier molecular flexibility index (Phi) is 5.42. The number of carbonyl (C=O) groups excluding carboxylic acids is 1. The predicted molar refractivity (Wildman–Crippen MR) is 61.6 cm³/mol. The fraction of sp³-hybridized carbons (Fsp3) is 0.400. The molecule has 17 heavy (non-hydrogen) atoms. The van der Waals surface area contributed by atoms with E-state index in [4.69, 9.17) is 10.9 Å². The van der Waals surface area contributed by atoms with Gasteiger partial charge in [0.1, 0.15) is 5.84 Å². The Hall–Kier alpha value is -2.18. The molecule has 7 nitrogen and oxygen atoms in total. The van der Waals surface area contributed by atoms with E-state index in [2.05, 4.69) is 20.7 Å². The highest BCUT2D eigenvalue weighted by Crippen LogP contribution is 1.96. The van der Waals surface area contributed by atoms with Crippen LogP contribution in [-0.2, 0) is 0 Å². The molecule has 0 bridgehead atoms. The number of amidine groups is 1. The summed E-state index contributed by atoms with van der Waals surface area (Å²) in [4.78, 5) is 11.5. The normalized spacial score (nSPS) is 11.2. The number of hydrogen-bond donors (Lipinski definition) is 3. The molecule has 0 atom stereocenters. The fourth-order valence-corrected chi connectivity index (χ4v) is 1.21. The van der Waals surface area contributed by atoms with Gasteiger partial charge in [-0.2, -0.15) is 10.2 Å². The molecule has 1 aromatic heterocycles. The standard InChI is InChI=1S/C10H15N5O2/c11-9(15-17)3-1-2-5-12-10(16)8-4-6-13-14-7-8/h4,6-7,17H,1-3,5H2,(H2,11,15)(H,12,16). The molecule has 0 fully saturated rings. The van der Waals surface area contributed by atoms with E-state index in [0.717, 1.165) is 12.8 Å². The molecular weight excluding hydrogens is 222 g/mol. The van der Waals surface area contributed by atoms with Gasteiger partial charge in [-0.05, 0) is 18.9 Å². The van der Waals surface area contributed by atoms with E-state index in [0.29, 0.717) is 18.5 Å². The highest BCUT2D eigenvalue weighted by atomic mass is 16.4. The monoisotopic (exact) mass is 237 g/mol. The third kappa shape index (κ3) is 4.92. The summed E-state index contributed by atoms with van der Waals surface area (Å²) in [6, 6.07) is 1.60. The molecule has 0 spiro atoms. The van der Waals surface area contributed by atoms with Crippen LogP contribution in [0.2, 0.25) is 0 Å². The average molecular weight is 237 g/mol. The molecule has 7 heteroatoms. The number of rotatable bonds is 6. The zero-order valence-electron chi connectivity index (χ0n) is 9.33. The summed E-state index contributed by atoms with van der Waals surface area (Å²) in [6.07, 6.45) is 4.91. The molecule has 4 N–H and O–H groups in total. The maximum absolute atomic E-state index is 11.5. The fourth-order valence-electron chi connectivity index (χ4n) is 1.21. The summed E-state index contributed by atoms with van der Waals surface area (Å²) in [5.41, 5.74) is 5.79. The number of oxime groups is 1. The van der Waals surface area contributed by atoms with Crippen LogP contribution in [0, 0.1) is 0 Å². The molecular formula is C10H15N5O2. The molecule has 0 radical (unpaired) electrons. The number of nitrogens with two attached hydrogens (primary N) is 1.